The first kappa shape index (κ1) is 14.6. The number of ether oxygens (including phenoxy) is 1. The number of hydrogen-bond donors (Lipinski definition) is 0. The van der Waals surface area contributed by atoms with Gasteiger partial charge in [0.2, 0.25) is 0 Å². The lowest BCUT2D eigenvalue weighted by Crippen LogP contribution is -2.24. The Kier molecular flexibility index (Phi) is 4.00. The molecule has 4 nitrogen and oxygen atoms in total. The van der Waals surface area contributed by atoms with Gasteiger partial charge in [0.25, 0.3) is 0 Å². The molecule has 1 aliphatic carbocycles. The zero-order chi connectivity index (χ0) is 15.6. The minimum atomic E-state index is 0.383. The van der Waals surface area contributed by atoms with E-state index in [0.717, 1.165) is 48.6 Å². The van der Waals surface area contributed by atoms with Crippen molar-refractivity contribution in [1.82, 2.24) is 14.9 Å². The summed E-state index contributed by atoms with van der Waals surface area (Å²) in [6, 6.07) is 10.2. The molecule has 0 radical (unpaired) electrons. The molecular weight excluding hydrogens is 286 g/mol. The van der Waals surface area contributed by atoms with Crippen molar-refractivity contribution in [3.05, 3.63) is 54.1 Å². The Labute approximate surface area is 137 Å². The Balaban J connectivity index is 1.30. The molecule has 120 valence electrons. The highest BCUT2D eigenvalue weighted by atomic mass is 16.5. The van der Waals surface area contributed by atoms with Crippen molar-refractivity contribution < 1.29 is 4.74 Å². The van der Waals surface area contributed by atoms with Crippen molar-refractivity contribution in [1.29, 1.82) is 0 Å². The van der Waals surface area contributed by atoms with Gasteiger partial charge in [-0.25, -0.2) is 0 Å². The van der Waals surface area contributed by atoms with Gasteiger partial charge in [-0.3, -0.25) is 14.9 Å². The van der Waals surface area contributed by atoms with Crippen LogP contribution in [0.2, 0.25) is 0 Å². The highest BCUT2D eigenvalue weighted by Crippen LogP contribution is 2.40. The smallest absolute Gasteiger partial charge is 0.119 e. The summed E-state index contributed by atoms with van der Waals surface area (Å²) in [6.45, 7) is 5.22. The maximum atomic E-state index is 6.14. The van der Waals surface area contributed by atoms with E-state index in [9.17, 15) is 0 Å². The fraction of sp³-hybridized carbons (Fsp3) is 0.474. The predicted molar refractivity (Wildman–Crippen MR) is 89.1 cm³/mol. The standard InChI is InChI=1S/C19H23N3O/c1-14-9-21-17(10-20-14)13-22-11-15-7-19(8-16(15)12-22)23-18-5-3-2-4-6-18/h2-6,9-10,15-16,19H,7-8,11-13H2,1H3/t15-,16+,19?. The van der Waals surface area contributed by atoms with Crippen LogP contribution in [0.25, 0.3) is 0 Å². The van der Waals surface area contributed by atoms with Crippen LogP contribution in [0.3, 0.4) is 0 Å². The lowest BCUT2D eigenvalue weighted by atomic mass is 10.0. The monoisotopic (exact) mass is 309 g/mol. The maximum Gasteiger partial charge on any atom is 0.119 e. The van der Waals surface area contributed by atoms with Crippen molar-refractivity contribution in [3.63, 3.8) is 0 Å². The summed E-state index contributed by atoms with van der Waals surface area (Å²) in [7, 11) is 0. The molecule has 1 aromatic carbocycles. The molecule has 2 heterocycles. The van der Waals surface area contributed by atoms with Gasteiger partial charge in [-0.2, -0.15) is 0 Å². The van der Waals surface area contributed by atoms with E-state index in [1.54, 1.807) is 0 Å². The first-order valence-electron chi connectivity index (χ1n) is 8.48. The van der Waals surface area contributed by atoms with Gasteiger partial charge in [0.1, 0.15) is 5.75 Å². The molecule has 3 atom stereocenters. The van der Waals surface area contributed by atoms with E-state index in [0.29, 0.717) is 6.10 Å². The Bertz CT molecular complexity index is 629. The number of para-hydroxylation sites is 1. The Morgan fingerprint density at radius 2 is 1.78 bits per heavy atom. The number of rotatable bonds is 4. The molecule has 1 saturated carbocycles. The largest absolute Gasteiger partial charge is 0.490 e. The number of aromatic nitrogens is 2. The first-order valence-corrected chi connectivity index (χ1v) is 8.48. The van der Waals surface area contributed by atoms with E-state index >= 15 is 0 Å². The van der Waals surface area contributed by atoms with Crippen molar-refractivity contribution in [3.8, 4) is 5.75 Å². The molecule has 2 aliphatic rings. The molecule has 1 aromatic heterocycles. The topological polar surface area (TPSA) is 38.2 Å². The molecule has 23 heavy (non-hydrogen) atoms. The van der Waals surface area contributed by atoms with Gasteiger partial charge in [0.15, 0.2) is 0 Å². The van der Waals surface area contributed by atoms with Crippen LogP contribution in [-0.4, -0.2) is 34.1 Å². The number of hydrogen-bond acceptors (Lipinski definition) is 4. The molecule has 2 fully saturated rings. The molecule has 2 aromatic rings. The minimum absolute atomic E-state index is 0.383. The summed E-state index contributed by atoms with van der Waals surface area (Å²) in [5, 5.41) is 0. The Morgan fingerprint density at radius 3 is 2.43 bits per heavy atom. The number of aryl methyl sites for hydroxylation is 1. The fourth-order valence-electron chi connectivity index (χ4n) is 3.99. The summed E-state index contributed by atoms with van der Waals surface area (Å²) in [4.78, 5) is 11.3. The van der Waals surface area contributed by atoms with Crippen LogP contribution < -0.4 is 4.74 Å². The quantitative estimate of drug-likeness (QED) is 0.870. The van der Waals surface area contributed by atoms with Gasteiger partial charge in [0.05, 0.1) is 17.5 Å². The lowest BCUT2D eigenvalue weighted by Gasteiger charge is -2.19. The average molecular weight is 309 g/mol. The van der Waals surface area contributed by atoms with E-state index < -0.39 is 0 Å². The molecule has 4 heteroatoms. The number of nitrogens with zero attached hydrogens (tertiary/aromatic N) is 3. The number of likely N-dealkylation sites (tertiary alicyclic amines) is 1. The molecule has 0 spiro atoms. The van der Waals surface area contributed by atoms with Crippen LogP contribution in [0.4, 0.5) is 0 Å². The zero-order valence-corrected chi connectivity index (χ0v) is 13.6. The number of benzene rings is 1. The molecule has 4 rings (SSSR count). The fourth-order valence-corrected chi connectivity index (χ4v) is 3.99. The third-order valence-corrected chi connectivity index (χ3v) is 5.05. The minimum Gasteiger partial charge on any atom is -0.490 e. The summed E-state index contributed by atoms with van der Waals surface area (Å²) >= 11 is 0. The number of fused-ring (bicyclic) bond motifs is 1. The van der Waals surface area contributed by atoms with E-state index in [1.807, 2.05) is 37.5 Å². The van der Waals surface area contributed by atoms with Gasteiger partial charge in [-0.1, -0.05) is 18.2 Å². The highest BCUT2D eigenvalue weighted by molar-refractivity contribution is 5.21. The molecule has 1 aliphatic heterocycles. The second-order valence-corrected chi connectivity index (χ2v) is 6.89. The van der Waals surface area contributed by atoms with Gasteiger partial charge in [0, 0.05) is 32.0 Å². The molecule has 1 saturated heterocycles. The Morgan fingerprint density at radius 1 is 1.04 bits per heavy atom. The molecule has 1 unspecified atom stereocenters. The van der Waals surface area contributed by atoms with Crippen LogP contribution in [0.15, 0.2) is 42.7 Å². The second kappa shape index (κ2) is 6.28. The molecule has 0 bridgehead atoms. The van der Waals surface area contributed by atoms with E-state index in [4.69, 9.17) is 4.74 Å². The third kappa shape index (κ3) is 3.37. The molecular formula is C19H23N3O. The van der Waals surface area contributed by atoms with Crippen LogP contribution in [0.5, 0.6) is 5.75 Å². The van der Waals surface area contributed by atoms with Crippen molar-refractivity contribution >= 4 is 0 Å². The van der Waals surface area contributed by atoms with Gasteiger partial charge in [-0.05, 0) is 43.7 Å². The van der Waals surface area contributed by atoms with Crippen LogP contribution in [0, 0.1) is 18.8 Å². The van der Waals surface area contributed by atoms with Gasteiger partial charge >= 0.3 is 0 Å². The molecule has 0 amide bonds. The summed E-state index contributed by atoms with van der Waals surface area (Å²) in [5.74, 6) is 2.54. The SMILES string of the molecule is Cc1cnc(CN2C[C@H]3CC(Oc4ccccc4)C[C@H]3C2)cn1. The molecule has 0 N–H and O–H groups in total. The van der Waals surface area contributed by atoms with Crippen molar-refractivity contribution in [2.24, 2.45) is 11.8 Å². The predicted octanol–water partition coefficient (Wildman–Crippen LogP) is 3.07. The van der Waals surface area contributed by atoms with Gasteiger partial charge < -0.3 is 4.74 Å². The van der Waals surface area contributed by atoms with Crippen LogP contribution in [0.1, 0.15) is 24.2 Å². The average Bonchev–Trinajstić information content (AvgIpc) is 3.08. The van der Waals surface area contributed by atoms with E-state index in [2.05, 4.69) is 27.0 Å². The second-order valence-electron chi connectivity index (χ2n) is 6.89. The summed E-state index contributed by atoms with van der Waals surface area (Å²) < 4.78 is 6.14. The lowest BCUT2D eigenvalue weighted by molar-refractivity contribution is 0.184. The van der Waals surface area contributed by atoms with Crippen molar-refractivity contribution in [2.45, 2.75) is 32.4 Å². The third-order valence-electron chi connectivity index (χ3n) is 5.05. The normalized spacial score (nSPS) is 27.1. The maximum absolute atomic E-state index is 6.14. The summed E-state index contributed by atoms with van der Waals surface area (Å²) in [6.07, 6.45) is 6.50. The van der Waals surface area contributed by atoms with Crippen LogP contribution >= 0.6 is 0 Å². The first-order chi connectivity index (χ1) is 11.3. The van der Waals surface area contributed by atoms with Crippen LogP contribution in [-0.2, 0) is 6.54 Å². The zero-order valence-electron chi connectivity index (χ0n) is 13.6. The van der Waals surface area contributed by atoms with E-state index in [1.165, 1.54) is 12.8 Å². The van der Waals surface area contributed by atoms with Gasteiger partial charge in [-0.15, -0.1) is 0 Å². The summed E-state index contributed by atoms with van der Waals surface area (Å²) in [5.41, 5.74) is 2.06. The highest BCUT2D eigenvalue weighted by Gasteiger charge is 2.41. The Hall–Kier alpha value is -1.94. The van der Waals surface area contributed by atoms with E-state index in [-0.39, 0.29) is 0 Å². The van der Waals surface area contributed by atoms with Crippen molar-refractivity contribution in [2.75, 3.05) is 13.1 Å².